The Balaban J connectivity index is 1.57. The van der Waals surface area contributed by atoms with Gasteiger partial charge in [0.1, 0.15) is 5.69 Å². The summed E-state index contributed by atoms with van der Waals surface area (Å²) in [4.78, 5) is 22.2. The SMILES string of the molecule is CC(C)N(c1csc2cnc(C(=O)N[C@@H]3C[C@@H]4CCN(C4)C3)cc12)C(C)C. The summed E-state index contributed by atoms with van der Waals surface area (Å²) in [6, 6.07) is 3.03. The standard InChI is InChI=1S/C21H30N4OS/c1-13(2)25(14(3)4)19-12-27-20-9-22-18(8-17(19)20)21(26)23-16-7-15-5-6-24(10-15)11-16/h8-9,12-16H,5-7,10-11H2,1-4H3,(H,23,26)/t15-,16+/m0/s1. The van der Waals surface area contributed by atoms with Gasteiger partial charge in [0.25, 0.3) is 5.91 Å². The van der Waals surface area contributed by atoms with Crippen molar-refractivity contribution in [3.05, 3.63) is 23.3 Å². The van der Waals surface area contributed by atoms with Crippen molar-refractivity contribution in [1.82, 2.24) is 15.2 Å². The molecule has 2 aromatic rings. The number of anilines is 1. The Morgan fingerprint density at radius 3 is 2.78 bits per heavy atom. The highest BCUT2D eigenvalue weighted by atomic mass is 32.1. The van der Waals surface area contributed by atoms with Gasteiger partial charge in [0.15, 0.2) is 0 Å². The van der Waals surface area contributed by atoms with Gasteiger partial charge >= 0.3 is 0 Å². The lowest BCUT2D eigenvalue weighted by Crippen LogP contribution is -2.47. The molecule has 1 unspecified atom stereocenters. The minimum absolute atomic E-state index is 0.0396. The van der Waals surface area contributed by atoms with E-state index >= 15 is 0 Å². The van der Waals surface area contributed by atoms with Gasteiger partial charge in [0, 0.05) is 48.2 Å². The van der Waals surface area contributed by atoms with Crippen LogP contribution in [0, 0.1) is 5.92 Å². The normalized spacial score (nSPS) is 24.7. The van der Waals surface area contributed by atoms with Crippen molar-refractivity contribution in [1.29, 1.82) is 0 Å². The fraction of sp³-hybridized carbons (Fsp3) is 0.619. The van der Waals surface area contributed by atoms with Crippen molar-refractivity contribution in [2.45, 2.75) is 58.7 Å². The maximum Gasteiger partial charge on any atom is 0.270 e. The molecule has 1 amide bonds. The lowest BCUT2D eigenvalue weighted by atomic mass is 9.97. The minimum atomic E-state index is -0.0396. The molecule has 2 saturated heterocycles. The van der Waals surface area contributed by atoms with Gasteiger partial charge in [-0.25, -0.2) is 4.98 Å². The first-order chi connectivity index (χ1) is 12.9. The number of thiophene rings is 1. The van der Waals surface area contributed by atoms with Crippen molar-refractivity contribution in [2.75, 3.05) is 24.5 Å². The van der Waals surface area contributed by atoms with E-state index in [-0.39, 0.29) is 11.9 Å². The molecule has 27 heavy (non-hydrogen) atoms. The number of hydrogen-bond donors (Lipinski definition) is 1. The molecule has 2 aliphatic rings. The molecule has 4 rings (SSSR count). The van der Waals surface area contributed by atoms with E-state index in [0.29, 0.717) is 17.8 Å². The Hall–Kier alpha value is -1.66. The van der Waals surface area contributed by atoms with Crippen LogP contribution in [0.3, 0.4) is 0 Å². The van der Waals surface area contributed by atoms with Crippen LogP contribution in [-0.4, -0.2) is 53.6 Å². The van der Waals surface area contributed by atoms with Gasteiger partial charge in [-0.15, -0.1) is 11.3 Å². The van der Waals surface area contributed by atoms with E-state index in [0.717, 1.165) is 29.0 Å². The van der Waals surface area contributed by atoms with Crippen LogP contribution < -0.4 is 10.2 Å². The second kappa shape index (κ2) is 7.40. The van der Waals surface area contributed by atoms with Crippen LogP contribution in [0.1, 0.15) is 51.0 Å². The Labute approximate surface area is 165 Å². The topological polar surface area (TPSA) is 48.5 Å². The summed E-state index contributed by atoms with van der Waals surface area (Å²) in [7, 11) is 0. The number of carbonyl (C=O) groups is 1. The molecule has 146 valence electrons. The van der Waals surface area contributed by atoms with Crippen LogP contribution in [0.25, 0.3) is 10.1 Å². The van der Waals surface area contributed by atoms with Gasteiger partial charge in [-0.05, 0) is 59.1 Å². The Kier molecular flexibility index (Phi) is 5.12. The number of piperidine rings is 1. The summed E-state index contributed by atoms with van der Waals surface area (Å²) in [6.07, 6.45) is 4.23. The summed E-state index contributed by atoms with van der Waals surface area (Å²) in [6.45, 7) is 12.2. The number of aromatic nitrogens is 1. The fourth-order valence-corrected chi connectivity index (χ4v) is 5.71. The van der Waals surface area contributed by atoms with E-state index < -0.39 is 0 Å². The van der Waals surface area contributed by atoms with Crippen molar-refractivity contribution < 1.29 is 4.79 Å². The quantitative estimate of drug-likeness (QED) is 0.850. The van der Waals surface area contributed by atoms with E-state index in [2.05, 4.69) is 53.2 Å². The third kappa shape index (κ3) is 3.69. The molecule has 2 aromatic heterocycles. The summed E-state index contributed by atoms with van der Waals surface area (Å²) >= 11 is 1.70. The van der Waals surface area contributed by atoms with Crippen molar-refractivity contribution in [3.63, 3.8) is 0 Å². The summed E-state index contributed by atoms with van der Waals surface area (Å²) in [5.41, 5.74) is 1.74. The van der Waals surface area contributed by atoms with Crippen LogP contribution in [-0.2, 0) is 0 Å². The molecule has 2 fully saturated rings. The van der Waals surface area contributed by atoms with Gasteiger partial charge in [-0.3, -0.25) is 4.79 Å². The van der Waals surface area contributed by atoms with Gasteiger partial charge in [0.2, 0.25) is 0 Å². The van der Waals surface area contributed by atoms with E-state index in [1.807, 2.05) is 12.3 Å². The first kappa shape index (κ1) is 18.7. The molecule has 0 aliphatic carbocycles. The monoisotopic (exact) mass is 386 g/mol. The van der Waals surface area contributed by atoms with Crippen LogP contribution >= 0.6 is 11.3 Å². The van der Waals surface area contributed by atoms with E-state index in [9.17, 15) is 4.79 Å². The molecule has 3 atom stereocenters. The average Bonchev–Trinajstić information content (AvgIpc) is 3.17. The third-order valence-electron chi connectivity index (χ3n) is 5.87. The number of amides is 1. The zero-order chi connectivity index (χ0) is 19.1. The van der Waals surface area contributed by atoms with Crippen molar-refractivity contribution in [3.8, 4) is 0 Å². The minimum Gasteiger partial charge on any atom is -0.366 e. The maximum absolute atomic E-state index is 12.9. The van der Waals surface area contributed by atoms with Gasteiger partial charge in [0.05, 0.1) is 10.4 Å². The second-order valence-corrected chi connectivity index (χ2v) is 9.51. The number of fused-ring (bicyclic) bond motifs is 3. The lowest BCUT2D eigenvalue weighted by Gasteiger charge is -2.32. The molecular weight excluding hydrogens is 356 g/mol. The molecule has 2 aliphatic heterocycles. The van der Waals surface area contributed by atoms with Crippen LogP contribution in [0.2, 0.25) is 0 Å². The predicted molar refractivity (Wildman–Crippen MR) is 113 cm³/mol. The fourth-order valence-electron chi connectivity index (χ4n) is 4.82. The van der Waals surface area contributed by atoms with Crippen LogP contribution in [0.15, 0.2) is 17.6 Å². The highest BCUT2D eigenvalue weighted by Gasteiger charge is 2.33. The largest absolute Gasteiger partial charge is 0.366 e. The summed E-state index contributed by atoms with van der Waals surface area (Å²) in [5.74, 6) is 0.704. The van der Waals surface area contributed by atoms with Crippen molar-refractivity contribution >= 4 is 33.0 Å². The lowest BCUT2D eigenvalue weighted by molar-refractivity contribution is 0.0904. The molecule has 1 N–H and O–H groups in total. The first-order valence-electron chi connectivity index (χ1n) is 10.1. The van der Waals surface area contributed by atoms with Crippen molar-refractivity contribution in [2.24, 2.45) is 5.92 Å². The highest BCUT2D eigenvalue weighted by Crippen LogP contribution is 2.35. The third-order valence-corrected chi connectivity index (χ3v) is 6.79. The first-order valence-corrected chi connectivity index (χ1v) is 11.0. The second-order valence-electron chi connectivity index (χ2n) is 8.60. The zero-order valence-corrected chi connectivity index (χ0v) is 17.6. The number of hydrogen-bond acceptors (Lipinski definition) is 5. The average molecular weight is 387 g/mol. The molecule has 2 bridgehead atoms. The van der Waals surface area contributed by atoms with Crippen LogP contribution in [0.5, 0.6) is 0 Å². The number of rotatable bonds is 5. The molecule has 0 radical (unpaired) electrons. The smallest absolute Gasteiger partial charge is 0.270 e. The number of nitrogens with zero attached hydrogens (tertiary/aromatic N) is 3. The summed E-state index contributed by atoms with van der Waals surface area (Å²) < 4.78 is 1.13. The molecule has 0 spiro atoms. The van der Waals surface area contributed by atoms with Crippen LogP contribution in [0.4, 0.5) is 5.69 Å². The highest BCUT2D eigenvalue weighted by molar-refractivity contribution is 7.17. The van der Waals surface area contributed by atoms with E-state index in [4.69, 9.17) is 0 Å². The molecule has 0 aromatic carbocycles. The Bertz CT molecular complexity index is 811. The Morgan fingerprint density at radius 2 is 2.07 bits per heavy atom. The maximum atomic E-state index is 12.9. The number of carbonyl (C=O) groups excluding carboxylic acids is 1. The van der Waals surface area contributed by atoms with Gasteiger partial charge in [-0.1, -0.05) is 0 Å². The van der Waals surface area contributed by atoms with E-state index in [1.54, 1.807) is 11.3 Å². The number of pyridine rings is 1. The molecule has 4 heterocycles. The predicted octanol–water partition coefficient (Wildman–Crippen LogP) is 3.74. The molecule has 6 heteroatoms. The number of nitrogens with one attached hydrogen (secondary N) is 1. The zero-order valence-electron chi connectivity index (χ0n) is 16.7. The molecule has 5 nitrogen and oxygen atoms in total. The summed E-state index contributed by atoms with van der Waals surface area (Å²) in [5, 5.41) is 6.56. The van der Waals surface area contributed by atoms with E-state index in [1.165, 1.54) is 25.2 Å². The Morgan fingerprint density at radius 1 is 1.30 bits per heavy atom. The van der Waals surface area contributed by atoms with Gasteiger partial charge in [-0.2, -0.15) is 0 Å². The van der Waals surface area contributed by atoms with Gasteiger partial charge < -0.3 is 15.1 Å². The molecular formula is C21H30N4OS. The molecule has 0 saturated carbocycles.